The second-order valence-corrected chi connectivity index (χ2v) is 8.51. The van der Waals surface area contributed by atoms with Gasteiger partial charge in [-0.25, -0.2) is 4.39 Å². The molecular weight excluding hydrogens is 437 g/mol. The van der Waals surface area contributed by atoms with Crippen LogP contribution in [0, 0.1) is 5.82 Å². The van der Waals surface area contributed by atoms with Crippen LogP contribution < -0.4 is 15.0 Å². The second-order valence-electron chi connectivity index (χ2n) is 8.51. The van der Waals surface area contributed by atoms with E-state index in [-0.39, 0.29) is 23.7 Å². The molecular formula is C26H30FN3O4. The molecule has 2 heterocycles. The number of likely N-dealkylation sites (N-methyl/N-ethyl adjacent to an activating group) is 1. The quantitative estimate of drug-likeness (QED) is 0.545. The Labute approximate surface area is 198 Å². The van der Waals surface area contributed by atoms with Crippen LogP contribution in [0.5, 0.6) is 11.5 Å². The maximum Gasteiger partial charge on any atom is 0.257 e. The predicted octanol–water partition coefficient (Wildman–Crippen LogP) is 3.81. The molecule has 1 aliphatic heterocycles. The van der Waals surface area contributed by atoms with E-state index in [4.69, 9.17) is 9.47 Å². The van der Waals surface area contributed by atoms with Crippen molar-refractivity contribution in [1.82, 2.24) is 14.8 Å². The average molecular weight is 468 g/mol. The van der Waals surface area contributed by atoms with Gasteiger partial charge in [-0.1, -0.05) is 19.1 Å². The number of nitrogens with zero attached hydrogens (tertiary/aromatic N) is 2. The first-order valence-electron chi connectivity index (χ1n) is 11.5. The number of carbonyl (C=O) groups is 1. The Morgan fingerprint density at radius 1 is 1.18 bits per heavy atom. The summed E-state index contributed by atoms with van der Waals surface area (Å²) in [5, 5.41) is 0.751. The molecule has 0 radical (unpaired) electrons. The number of amides is 1. The van der Waals surface area contributed by atoms with Crippen LogP contribution in [0.15, 0.2) is 47.3 Å². The Hall–Kier alpha value is -3.39. The fourth-order valence-electron chi connectivity index (χ4n) is 4.70. The third-order valence-electron chi connectivity index (χ3n) is 6.51. The minimum atomic E-state index is -0.569. The summed E-state index contributed by atoms with van der Waals surface area (Å²) in [7, 11) is 3.08. The van der Waals surface area contributed by atoms with E-state index in [9.17, 15) is 14.0 Å². The maximum atomic E-state index is 14.5. The van der Waals surface area contributed by atoms with Crippen molar-refractivity contribution in [2.45, 2.75) is 32.4 Å². The highest BCUT2D eigenvalue weighted by Gasteiger charge is 2.29. The van der Waals surface area contributed by atoms with E-state index in [2.05, 4.69) is 16.8 Å². The van der Waals surface area contributed by atoms with Crippen molar-refractivity contribution < 1.29 is 18.7 Å². The average Bonchev–Trinajstić information content (AvgIpc) is 3.30. The number of halogens is 1. The zero-order valence-electron chi connectivity index (χ0n) is 19.8. The van der Waals surface area contributed by atoms with Crippen molar-refractivity contribution in [3.05, 3.63) is 69.8 Å². The summed E-state index contributed by atoms with van der Waals surface area (Å²) in [6.07, 6.45) is 2.01. The molecule has 1 saturated heterocycles. The number of pyridine rings is 1. The summed E-state index contributed by atoms with van der Waals surface area (Å²) in [5.41, 5.74) is 0.730. The van der Waals surface area contributed by atoms with Crippen molar-refractivity contribution in [1.29, 1.82) is 0 Å². The number of benzene rings is 2. The smallest absolute Gasteiger partial charge is 0.257 e. The van der Waals surface area contributed by atoms with Gasteiger partial charge in [-0.05, 0) is 50.2 Å². The van der Waals surface area contributed by atoms with E-state index in [0.717, 1.165) is 31.3 Å². The molecule has 1 amide bonds. The molecule has 7 nitrogen and oxygen atoms in total. The molecule has 1 atom stereocenters. The largest absolute Gasteiger partial charge is 0.493 e. The lowest BCUT2D eigenvalue weighted by atomic mass is 10.1. The van der Waals surface area contributed by atoms with Gasteiger partial charge in [-0.15, -0.1) is 0 Å². The minimum Gasteiger partial charge on any atom is -0.493 e. The summed E-state index contributed by atoms with van der Waals surface area (Å²) in [6.45, 7) is 4.44. The standard InChI is InChI=1S/C26H30FN3O4/c1-4-29-11-7-8-19(29)16-30(26(32)20-9-5-6-10-21(20)27)15-18-12-17-13-23(33-2)24(34-3)14-22(17)28-25(18)31/h5-6,9-10,12-14,19H,4,7-8,11,15-16H2,1-3H3,(H,28,31). The molecule has 0 aliphatic carbocycles. The zero-order valence-corrected chi connectivity index (χ0v) is 19.8. The number of H-pyrrole nitrogens is 1. The third kappa shape index (κ3) is 4.77. The Morgan fingerprint density at radius 2 is 1.91 bits per heavy atom. The van der Waals surface area contributed by atoms with Gasteiger partial charge in [0.15, 0.2) is 11.5 Å². The van der Waals surface area contributed by atoms with Crippen LogP contribution in [0.2, 0.25) is 0 Å². The number of nitrogens with one attached hydrogen (secondary N) is 1. The van der Waals surface area contributed by atoms with Crippen LogP contribution in [0.25, 0.3) is 10.9 Å². The fraction of sp³-hybridized carbons (Fsp3) is 0.385. The topological polar surface area (TPSA) is 74.9 Å². The van der Waals surface area contributed by atoms with Crippen LogP contribution in [0.4, 0.5) is 4.39 Å². The lowest BCUT2D eigenvalue weighted by Crippen LogP contribution is -2.43. The van der Waals surface area contributed by atoms with E-state index in [0.29, 0.717) is 29.1 Å². The molecule has 4 rings (SSSR count). The maximum absolute atomic E-state index is 14.5. The van der Waals surface area contributed by atoms with Gasteiger partial charge in [-0.2, -0.15) is 0 Å². The van der Waals surface area contributed by atoms with Crippen LogP contribution in [-0.4, -0.2) is 60.6 Å². The van der Waals surface area contributed by atoms with E-state index in [1.165, 1.54) is 19.2 Å². The van der Waals surface area contributed by atoms with Crippen LogP contribution in [0.3, 0.4) is 0 Å². The normalized spacial score (nSPS) is 16.1. The van der Waals surface area contributed by atoms with E-state index in [1.807, 2.05) is 0 Å². The Morgan fingerprint density at radius 3 is 2.62 bits per heavy atom. The molecule has 0 bridgehead atoms. The number of fused-ring (bicyclic) bond motifs is 1. The summed E-state index contributed by atoms with van der Waals surface area (Å²) in [5.74, 6) is 0.0564. The molecule has 1 unspecified atom stereocenters. The van der Waals surface area contributed by atoms with E-state index < -0.39 is 11.7 Å². The van der Waals surface area contributed by atoms with Gasteiger partial charge in [0.2, 0.25) is 0 Å². The highest BCUT2D eigenvalue weighted by Crippen LogP contribution is 2.31. The lowest BCUT2D eigenvalue weighted by Gasteiger charge is -2.30. The van der Waals surface area contributed by atoms with Crippen LogP contribution in [0.1, 0.15) is 35.7 Å². The van der Waals surface area contributed by atoms with Crippen LogP contribution in [-0.2, 0) is 6.54 Å². The Balaban J connectivity index is 1.71. The minimum absolute atomic E-state index is 0.00664. The number of carbonyl (C=O) groups excluding carboxylic acids is 1. The molecule has 1 aliphatic rings. The first-order valence-corrected chi connectivity index (χ1v) is 11.5. The summed E-state index contributed by atoms with van der Waals surface area (Å²) >= 11 is 0. The monoisotopic (exact) mass is 467 g/mol. The van der Waals surface area contributed by atoms with Crippen molar-refractivity contribution in [3.8, 4) is 11.5 Å². The number of likely N-dealkylation sites (tertiary alicyclic amines) is 1. The van der Waals surface area contributed by atoms with Crippen LogP contribution >= 0.6 is 0 Å². The second kappa shape index (κ2) is 10.3. The van der Waals surface area contributed by atoms with Gasteiger partial charge in [0.1, 0.15) is 5.82 Å². The summed E-state index contributed by atoms with van der Waals surface area (Å²) < 4.78 is 25.2. The molecule has 34 heavy (non-hydrogen) atoms. The molecule has 0 spiro atoms. The Bertz CT molecular complexity index is 1240. The number of aromatic nitrogens is 1. The van der Waals surface area contributed by atoms with Gasteiger partial charge in [0, 0.05) is 29.6 Å². The number of hydrogen-bond acceptors (Lipinski definition) is 5. The predicted molar refractivity (Wildman–Crippen MR) is 129 cm³/mol. The van der Waals surface area contributed by atoms with Gasteiger partial charge in [0.05, 0.1) is 31.8 Å². The molecule has 180 valence electrons. The molecule has 2 aromatic carbocycles. The molecule has 3 aromatic rings. The molecule has 1 fully saturated rings. The zero-order chi connectivity index (χ0) is 24.2. The molecule has 1 aromatic heterocycles. The summed E-state index contributed by atoms with van der Waals surface area (Å²) in [4.78, 5) is 33.2. The molecule has 8 heteroatoms. The molecule has 1 N–H and O–H groups in total. The number of aromatic amines is 1. The number of rotatable bonds is 8. The first kappa shape index (κ1) is 23.8. The van der Waals surface area contributed by atoms with Crippen molar-refractivity contribution >= 4 is 16.8 Å². The Kier molecular flexibility index (Phi) is 7.17. The number of hydrogen-bond donors (Lipinski definition) is 1. The first-order chi connectivity index (χ1) is 16.4. The fourth-order valence-corrected chi connectivity index (χ4v) is 4.70. The van der Waals surface area contributed by atoms with Crippen molar-refractivity contribution in [2.24, 2.45) is 0 Å². The number of ether oxygens (including phenoxy) is 2. The highest BCUT2D eigenvalue weighted by atomic mass is 19.1. The number of methoxy groups -OCH3 is 2. The van der Waals surface area contributed by atoms with Crippen molar-refractivity contribution in [3.63, 3.8) is 0 Å². The summed E-state index contributed by atoms with van der Waals surface area (Å²) in [6, 6.07) is 11.4. The SMILES string of the molecule is CCN1CCCC1CN(Cc1cc2cc(OC)c(OC)cc2[nH]c1=O)C(=O)c1ccccc1F. The van der Waals surface area contributed by atoms with E-state index in [1.54, 1.807) is 42.3 Å². The van der Waals surface area contributed by atoms with Gasteiger partial charge < -0.3 is 19.4 Å². The van der Waals surface area contributed by atoms with Crippen molar-refractivity contribution in [2.75, 3.05) is 33.9 Å². The van der Waals surface area contributed by atoms with Gasteiger partial charge in [0.25, 0.3) is 11.5 Å². The molecule has 0 saturated carbocycles. The van der Waals surface area contributed by atoms with Gasteiger partial charge >= 0.3 is 0 Å². The van der Waals surface area contributed by atoms with E-state index >= 15 is 0 Å². The highest BCUT2D eigenvalue weighted by molar-refractivity contribution is 5.94. The third-order valence-corrected chi connectivity index (χ3v) is 6.51. The lowest BCUT2D eigenvalue weighted by molar-refractivity contribution is 0.0687. The van der Waals surface area contributed by atoms with Gasteiger partial charge in [-0.3, -0.25) is 14.5 Å².